The minimum Gasteiger partial charge on any atom is -0.310 e. The summed E-state index contributed by atoms with van der Waals surface area (Å²) in [6.45, 7) is 4.19. The Hall–Kier alpha value is -2.50. The van der Waals surface area contributed by atoms with Crippen molar-refractivity contribution in [3.8, 4) is 11.3 Å². The summed E-state index contributed by atoms with van der Waals surface area (Å²) in [6.07, 6.45) is 7.96. The van der Waals surface area contributed by atoms with Gasteiger partial charge in [-0.2, -0.15) is 5.10 Å². The Morgan fingerprint density at radius 2 is 1.88 bits per heavy atom. The van der Waals surface area contributed by atoms with Crippen molar-refractivity contribution in [2.75, 3.05) is 13.1 Å². The van der Waals surface area contributed by atoms with Crippen molar-refractivity contribution in [1.29, 1.82) is 0 Å². The van der Waals surface area contributed by atoms with E-state index in [0.717, 1.165) is 37.4 Å². The first-order valence-electron chi connectivity index (χ1n) is 9.31. The molecule has 1 aromatic carbocycles. The molecule has 134 valence electrons. The van der Waals surface area contributed by atoms with Gasteiger partial charge in [-0.1, -0.05) is 30.3 Å². The van der Waals surface area contributed by atoms with E-state index in [2.05, 4.69) is 61.8 Å². The number of nitrogens with one attached hydrogen (secondary N) is 2. The molecule has 1 aliphatic rings. The van der Waals surface area contributed by atoms with Crippen LogP contribution in [0.1, 0.15) is 24.0 Å². The van der Waals surface area contributed by atoms with Crippen molar-refractivity contribution >= 4 is 0 Å². The van der Waals surface area contributed by atoms with Gasteiger partial charge < -0.3 is 5.32 Å². The highest BCUT2D eigenvalue weighted by atomic mass is 15.1. The Bertz CT molecular complexity index is 792. The number of H-pyrrole nitrogens is 1. The number of rotatable bonds is 6. The number of benzene rings is 1. The number of aromatic nitrogens is 3. The minimum absolute atomic E-state index is 0.568. The maximum absolute atomic E-state index is 4.22. The third kappa shape index (κ3) is 4.18. The van der Waals surface area contributed by atoms with Crippen LogP contribution in [0.2, 0.25) is 0 Å². The van der Waals surface area contributed by atoms with Crippen LogP contribution in [0, 0.1) is 0 Å². The van der Waals surface area contributed by atoms with Gasteiger partial charge in [0.05, 0.1) is 11.9 Å². The lowest BCUT2D eigenvalue weighted by molar-refractivity contribution is 0.190. The average molecular weight is 347 g/mol. The van der Waals surface area contributed by atoms with Crippen LogP contribution in [0.25, 0.3) is 11.3 Å². The van der Waals surface area contributed by atoms with Gasteiger partial charge in [-0.25, -0.2) is 0 Å². The molecule has 3 aromatic rings. The Balaban J connectivity index is 1.28. The third-order valence-electron chi connectivity index (χ3n) is 5.09. The molecule has 1 fully saturated rings. The lowest BCUT2D eigenvalue weighted by Crippen LogP contribution is -2.41. The van der Waals surface area contributed by atoms with Crippen LogP contribution < -0.4 is 5.32 Å². The highest BCUT2D eigenvalue weighted by Crippen LogP contribution is 2.20. The number of pyridine rings is 1. The van der Waals surface area contributed by atoms with Crippen molar-refractivity contribution in [3.63, 3.8) is 0 Å². The zero-order valence-electron chi connectivity index (χ0n) is 14.9. The maximum atomic E-state index is 4.22. The highest BCUT2D eigenvalue weighted by molar-refractivity contribution is 5.61. The van der Waals surface area contributed by atoms with Gasteiger partial charge in [0, 0.05) is 42.7 Å². The molecule has 0 amide bonds. The topological polar surface area (TPSA) is 56.8 Å². The van der Waals surface area contributed by atoms with Gasteiger partial charge in [-0.05, 0) is 43.6 Å². The molecule has 1 saturated heterocycles. The second kappa shape index (κ2) is 8.25. The van der Waals surface area contributed by atoms with E-state index in [4.69, 9.17) is 0 Å². The number of hydrogen-bond acceptors (Lipinski definition) is 4. The molecule has 1 aliphatic heterocycles. The maximum Gasteiger partial charge on any atom is 0.0710 e. The number of nitrogens with zero attached hydrogens (tertiary/aromatic N) is 3. The molecule has 0 bridgehead atoms. The Labute approximate surface area is 154 Å². The summed E-state index contributed by atoms with van der Waals surface area (Å²) in [5.74, 6) is 0. The van der Waals surface area contributed by atoms with Crippen LogP contribution in [-0.4, -0.2) is 39.2 Å². The van der Waals surface area contributed by atoms with E-state index < -0.39 is 0 Å². The van der Waals surface area contributed by atoms with E-state index in [1.807, 2.05) is 18.5 Å². The molecule has 0 unspecified atom stereocenters. The number of aromatic amines is 1. The normalized spacial score (nSPS) is 16.0. The number of piperidine rings is 1. The van der Waals surface area contributed by atoms with E-state index >= 15 is 0 Å². The standard InChI is InChI=1S/C21H25N5/c1-2-5-17(6-3-1)16-26-11-8-20(9-12-26)23-14-19-15-24-25-21(19)18-7-4-10-22-13-18/h1-7,10,13,15,20,23H,8-9,11-12,14,16H2,(H,24,25). The second-order valence-corrected chi connectivity index (χ2v) is 6.93. The van der Waals surface area contributed by atoms with Crippen molar-refractivity contribution in [2.45, 2.75) is 32.0 Å². The molecular formula is C21H25N5. The first kappa shape index (κ1) is 16.9. The van der Waals surface area contributed by atoms with Crippen LogP contribution in [0.3, 0.4) is 0 Å². The fourth-order valence-electron chi connectivity index (χ4n) is 3.60. The summed E-state index contributed by atoms with van der Waals surface area (Å²) in [4.78, 5) is 6.75. The molecule has 3 heterocycles. The Morgan fingerprint density at radius 1 is 1.04 bits per heavy atom. The quantitative estimate of drug-likeness (QED) is 0.719. The first-order chi connectivity index (χ1) is 12.9. The molecule has 0 saturated carbocycles. The van der Waals surface area contributed by atoms with Crippen molar-refractivity contribution in [3.05, 3.63) is 72.2 Å². The monoisotopic (exact) mass is 347 g/mol. The molecule has 2 N–H and O–H groups in total. The van der Waals surface area contributed by atoms with E-state index in [-0.39, 0.29) is 0 Å². The van der Waals surface area contributed by atoms with Gasteiger partial charge in [0.1, 0.15) is 0 Å². The van der Waals surface area contributed by atoms with Gasteiger partial charge in [0.15, 0.2) is 0 Å². The summed E-state index contributed by atoms with van der Waals surface area (Å²) < 4.78 is 0. The summed E-state index contributed by atoms with van der Waals surface area (Å²) in [7, 11) is 0. The fourth-order valence-corrected chi connectivity index (χ4v) is 3.60. The van der Waals surface area contributed by atoms with E-state index in [1.165, 1.54) is 24.0 Å². The van der Waals surface area contributed by atoms with Gasteiger partial charge in [-0.3, -0.25) is 15.0 Å². The van der Waals surface area contributed by atoms with Crippen molar-refractivity contribution in [1.82, 2.24) is 25.4 Å². The van der Waals surface area contributed by atoms with Gasteiger partial charge in [-0.15, -0.1) is 0 Å². The zero-order valence-corrected chi connectivity index (χ0v) is 14.9. The lowest BCUT2D eigenvalue weighted by atomic mass is 10.0. The van der Waals surface area contributed by atoms with Gasteiger partial charge in [0.2, 0.25) is 0 Å². The number of hydrogen-bond donors (Lipinski definition) is 2. The van der Waals surface area contributed by atoms with E-state index in [9.17, 15) is 0 Å². The van der Waals surface area contributed by atoms with Gasteiger partial charge in [0.25, 0.3) is 0 Å². The molecule has 0 radical (unpaired) electrons. The molecule has 0 aliphatic carbocycles. The van der Waals surface area contributed by atoms with Crippen LogP contribution in [0.4, 0.5) is 0 Å². The van der Waals surface area contributed by atoms with Crippen LogP contribution >= 0.6 is 0 Å². The van der Waals surface area contributed by atoms with Crippen LogP contribution in [-0.2, 0) is 13.1 Å². The van der Waals surface area contributed by atoms with E-state index in [1.54, 1.807) is 6.20 Å². The molecule has 4 rings (SSSR count). The summed E-state index contributed by atoms with van der Waals surface area (Å²) in [5.41, 5.74) is 4.75. The summed E-state index contributed by atoms with van der Waals surface area (Å²) in [6, 6.07) is 15.3. The first-order valence-corrected chi connectivity index (χ1v) is 9.31. The Kier molecular flexibility index (Phi) is 5.38. The average Bonchev–Trinajstić information content (AvgIpc) is 3.18. The van der Waals surface area contributed by atoms with Crippen molar-refractivity contribution < 1.29 is 0 Å². The zero-order chi connectivity index (χ0) is 17.6. The van der Waals surface area contributed by atoms with E-state index in [0.29, 0.717) is 6.04 Å². The summed E-state index contributed by atoms with van der Waals surface area (Å²) >= 11 is 0. The highest BCUT2D eigenvalue weighted by Gasteiger charge is 2.19. The minimum atomic E-state index is 0.568. The number of likely N-dealkylation sites (tertiary alicyclic amines) is 1. The molecule has 5 nitrogen and oxygen atoms in total. The molecule has 0 spiro atoms. The molecule has 0 atom stereocenters. The summed E-state index contributed by atoms with van der Waals surface area (Å²) in [5, 5.41) is 11.0. The fraction of sp³-hybridized carbons (Fsp3) is 0.333. The SMILES string of the molecule is c1ccc(CN2CCC(NCc3cn[nH]c3-c3cccnc3)CC2)cc1. The predicted octanol–water partition coefficient (Wildman–Crippen LogP) is 3.23. The molecule has 5 heteroatoms. The Morgan fingerprint density at radius 3 is 2.65 bits per heavy atom. The molecule has 26 heavy (non-hydrogen) atoms. The van der Waals surface area contributed by atoms with Crippen molar-refractivity contribution in [2.24, 2.45) is 0 Å². The third-order valence-corrected chi connectivity index (χ3v) is 5.09. The largest absolute Gasteiger partial charge is 0.310 e. The molecular weight excluding hydrogens is 322 g/mol. The predicted molar refractivity (Wildman–Crippen MR) is 103 cm³/mol. The lowest BCUT2D eigenvalue weighted by Gasteiger charge is -2.32. The second-order valence-electron chi connectivity index (χ2n) is 6.93. The molecule has 2 aromatic heterocycles. The van der Waals surface area contributed by atoms with Crippen LogP contribution in [0.15, 0.2) is 61.1 Å². The van der Waals surface area contributed by atoms with Gasteiger partial charge >= 0.3 is 0 Å². The van der Waals surface area contributed by atoms with Crippen LogP contribution in [0.5, 0.6) is 0 Å². The smallest absolute Gasteiger partial charge is 0.0710 e.